The predicted molar refractivity (Wildman–Crippen MR) is 124 cm³/mol. The van der Waals surface area contributed by atoms with Gasteiger partial charge in [0.25, 0.3) is 0 Å². The zero-order valence-corrected chi connectivity index (χ0v) is 18.9. The highest BCUT2D eigenvalue weighted by molar-refractivity contribution is 14.0. The fourth-order valence-corrected chi connectivity index (χ4v) is 3.20. The van der Waals surface area contributed by atoms with Gasteiger partial charge in [-0.15, -0.1) is 24.0 Å². The van der Waals surface area contributed by atoms with Crippen LogP contribution in [0.2, 0.25) is 0 Å². The molecule has 2 rings (SSSR count). The van der Waals surface area contributed by atoms with Crippen molar-refractivity contribution in [3.05, 3.63) is 71.8 Å². The lowest BCUT2D eigenvalue weighted by Crippen LogP contribution is -2.41. The molecule has 2 N–H and O–H groups in total. The van der Waals surface area contributed by atoms with Gasteiger partial charge in [0.15, 0.2) is 5.96 Å². The Bertz CT molecular complexity index is 796. The smallest absolute Gasteiger partial charge is 0.191 e. The van der Waals surface area contributed by atoms with Crippen molar-refractivity contribution in [1.29, 1.82) is 0 Å². The van der Waals surface area contributed by atoms with Crippen LogP contribution < -0.4 is 10.6 Å². The summed E-state index contributed by atoms with van der Waals surface area (Å²) in [5, 5.41) is 6.37. The van der Waals surface area contributed by atoms with Gasteiger partial charge in [-0.25, -0.2) is 8.42 Å². The Morgan fingerprint density at radius 3 is 2.15 bits per heavy atom. The summed E-state index contributed by atoms with van der Waals surface area (Å²) in [5.74, 6) is 0.981. The summed E-state index contributed by atoms with van der Waals surface area (Å²) in [5.41, 5.74) is 2.54. The van der Waals surface area contributed by atoms with Gasteiger partial charge < -0.3 is 10.6 Å². The zero-order chi connectivity index (χ0) is 18.8. The van der Waals surface area contributed by atoms with Crippen LogP contribution in [0.4, 0.5) is 0 Å². The third-order valence-electron chi connectivity index (χ3n) is 4.10. The van der Waals surface area contributed by atoms with Crippen molar-refractivity contribution >= 4 is 39.8 Å². The molecule has 0 aromatic heterocycles. The number of benzene rings is 2. The topological polar surface area (TPSA) is 70.6 Å². The van der Waals surface area contributed by atoms with E-state index in [0.29, 0.717) is 19.0 Å². The minimum atomic E-state index is -2.99. The maximum Gasteiger partial charge on any atom is 0.191 e. The fourth-order valence-electron chi connectivity index (χ4n) is 2.73. The molecular weight excluding hydrogens is 473 g/mol. The van der Waals surface area contributed by atoms with Gasteiger partial charge >= 0.3 is 0 Å². The summed E-state index contributed by atoms with van der Waals surface area (Å²) in [6.07, 6.45) is 2.15. The predicted octanol–water partition coefficient (Wildman–Crippen LogP) is 2.84. The Kier molecular flexibility index (Phi) is 10.4. The van der Waals surface area contributed by atoms with Crippen molar-refractivity contribution in [2.45, 2.75) is 12.3 Å². The molecule has 0 radical (unpaired) electrons. The van der Waals surface area contributed by atoms with Crippen LogP contribution in [0.5, 0.6) is 0 Å². The van der Waals surface area contributed by atoms with Crippen molar-refractivity contribution in [3.8, 4) is 0 Å². The average molecular weight is 501 g/mol. The first kappa shape index (κ1) is 23.4. The van der Waals surface area contributed by atoms with E-state index < -0.39 is 9.84 Å². The van der Waals surface area contributed by atoms with Gasteiger partial charge in [-0.1, -0.05) is 60.7 Å². The molecule has 0 saturated carbocycles. The molecule has 0 fully saturated rings. The summed E-state index contributed by atoms with van der Waals surface area (Å²) < 4.78 is 22.5. The molecule has 0 bridgehead atoms. The van der Waals surface area contributed by atoms with E-state index >= 15 is 0 Å². The maximum atomic E-state index is 11.3. The normalized spacial score (nSPS) is 12.7. The first-order valence-electron chi connectivity index (χ1n) is 8.69. The average Bonchev–Trinajstić information content (AvgIpc) is 2.64. The Hall–Kier alpha value is -1.61. The van der Waals surface area contributed by atoms with Gasteiger partial charge in [0, 0.05) is 32.3 Å². The third kappa shape index (κ3) is 9.23. The maximum absolute atomic E-state index is 11.3. The molecule has 1 atom stereocenters. The molecule has 0 heterocycles. The Morgan fingerprint density at radius 1 is 1.00 bits per heavy atom. The number of hydrogen-bond acceptors (Lipinski definition) is 3. The van der Waals surface area contributed by atoms with Gasteiger partial charge in [0.2, 0.25) is 0 Å². The molecule has 148 valence electrons. The zero-order valence-electron chi connectivity index (χ0n) is 15.8. The summed E-state index contributed by atoms with van der Waals surface area (Å²) in [6, 6.07) is 20.8. The quantitative estimate of drug-likeness (QED) is 0.332. The molecule has 0 aliphatic rings. The summed E-state index contributed by atoms with van der Waals surface area (Å²) in [7, 11) is -1.30. The van der Waals surface area contributed by atoms with Crippen LogP contribution in [-0.2, 0) is 16.3 Å². The lowest BCUT2D eigenvalue weighted by Gasteiger charge is -2.20. The van der Waals surface area contributed by atoms with Gasteiger partial charge in [-0.3, -0.25) is 4.99 Å². The molecule has 1 unspecified atom stereocenters. The summed E-state index contributed by atoms with van der Waals surface area (Å²) in [6.45, 7) is 1.05. The first-order chi connectivity index (χ1) is 12.5. The summed E-state index contributed by atoms with van der Waals surface area (Å²) >= 11 is 0. The Balaban J connectivity index is 0.00000364. The van der Waals surface area contributed by atoms with Crippen molar-refractivity contribution in [1.82, 2.24) is 10.6 Å². The third-order valence-corrected chi connectivity index (χ3v) is 5.05. The monoisotopic (exact) mass is 501 g/mol. The van der Waals surface area contributed by atoms with Gasteiger partial charge in [0.1, 0.15) is 9.84 Å². The van der Waals surface area contributed by atoms with Crippen LogP contribution >= 0.6 is 24.0 Å². The number of hydrogen-bond donors (Lipinski definition) is 2. The van der Waals surface area contributed by atoms with E-state index in [4.69, 9.17) is 0 Å². The highest BCUT2D eigenvalue weighted by Crippen LogP contribution is 2.20. The second kappa shape index (κ2) is 12.0. The van der Waals surface area contributed by atoms with Gasteiger partial charge in [0.05, 0.1) is 5.75 Å². The van der Waals surface area contributed by atoms with E-state index in [1.807, 2.05) is 24.3 Å². The molecule has 0 aliphatic heterocycles. The van der Waals surface area contributed by atoms with Crippen molar-refractivity contribution < 1.29 is 8.42 Å². The number of rotatable bonds is 8. The standard InChI is InChI=1S/C20H27N3O2S.HI/c1-21-20(22-13-14-26(2,24)25)23-16-19(18-11-7-4-8-12-18)15-17-9-5-3-6-10-17;/h3-12,19H,13-16H2,1-2H3,(H2,21,22,23);1H. The highest BCUT2D eigenvalue weighted by atomic mass is 127. The molecule has 2 aromatic rings. The highest BCUT2D eigenvalue weighted by Gasteiger charge is 2.13. The largest absolute Gasteiger partial charge is 0.356 e. The Labute approximate surface area is 179 Å². The lowest BCUT2D eigenvalue weighted by atomic mass is 9.92. The fraction of sp³-hybridized carbons (Fsp3) is 0.350. The van der Waals surface area contributed by atoms with Crippen molar-refractivity contribution in [3.63, 3.8) is 0 Å². The van der Waals surface area contributed by atoms with Crippen LogP contribution in [0.1, 0.15) is 17.0 Å². The van der Waals surface area contributed by atoms with E-state index in [0.717, 1.165) is 6.42 Å². The van der Waals surface area contributed by atoms with E-state index in [1.54, 1.807) is 7.05 Å². The SMILES string of the molecule is CN=C(NCCS(C)(=O)=O)NCC(Cc1ccccc1)c1ccccc1.I. The molecule has 7 heteroatoms. The van der Waals surface area contributed by atoms with E-state index in [1.165, 1.54) is 17.4 Å². The Morgan fingerprint density at radius 2 is 1.59 bits per heavy atom. The van der Waals surface area contributed by atoms with Crippen LogP contribution in [0, 0.1) is 0 Å². The second-order valence-electron chi connectivity index (χ2n) is 6.31. The lowest BCUT2D eigenvalue weighted by molar-refractivity contribution is 0.600. The number of halogens is 1. The van der Waals surface area contributed by atoms with E-state index in [9.17, 15) is 8.42 Å². The number of nitrogens with one attached hydrogen (secondary N) is 2. The summed E-state index contributed by atoms with van der Waals surface area (Å²) in [4.78, 5) is 4.18. The van der Waals surface area contributed by atoms with Crippen LogP contribution in [0.15, 0.2) is 65.7 Å². The second-order valence-corrected chi connectivity index (χ2v) is 8.57. The molecule has 0 amide bonds. The number of aliphatic imine (C=N–C) groups is 1. The van der Waals surface area contributed by atoms with Gasteiger partial charge in [-0.2, -0.15) is 0 Å². The van der Waals surface area contributed by atoms with Crippen LogP contribution in [-0.4, -0.2) is 46.5 Å². The first-order valence-corrected chi connectivity index (χ1v) is 10.7. The van der Waals surface area contributed by atoms with E-state index in [2.05, 4.69) is 52.0 Å². The number of nitrogens with zero attached hydrogens (tertiary/aromatic N) is 1. The molecular formula is C20H28IN3O2S. The molecule has 0 spiro atoms. The molecule has 0 aliphatic carbocycles. The minimum absolute atomic E-state index is 0. The van der Waals surface area contributed by atoms with Crippen molar-refractivity contribution in [2.75, 3.05) is 32.1 Å². The molecule has 0 saturated heterocycles. The molecule has 27 heavy (non-hydrogen) atoms. The number of guanidine groups is 1. The van der Waals surface area contributed by atoms with Crippen molar-refractivity contribution in [2.24, 2.45) is 4.99 Å². The minimum Gasteiger partial charge on any atom is -0.356 e. The molecule has 2 aromatic carbocycles. The van der Waals surface area contributed by atoms with Crippen LogP contribution in [0.3, 0.4) is 0 Å². The van der Waals surface area contributed by atoms with E-state index in [-0.39, 0.29) is 35.6 Å². The van der Waals surface area contributed by atoms with Crippen LogP contribution in [0.25, 0.3) is 0 Å². The van der Waals surface area contributed by atoms with Gasteiger partial charge in [-0.05, 0) is 17.5 Å². The molecule has 5 nitrogen and oxygen atoms in total. The number of sulfone groups is 1.